The number of benzene rings is 1. The van der Waals surface area contributed by atoms with Crippen LogP contribution >= 0.6 is 15.9 Å². The molecule has 0 heterocycles. The van der Waals surface area contributed by atoms with Gasteiger partial charge in [0.15, 0.2) is 0 Å². The van der Waals surface area contributed by atoms with Crippen molar-refractivity contribution in [3.8, 4) is 0 Å². The van der Waals surface area contributed by atoms with Crippen molar-refractivity contribution in [2.45, 2.75) is 65.6 Å². The van der Waals surface area contributed by atoms with E-state index in [2.05, 4.69) is 60.2 Å². The molecule has 114 valence electrons. The summed E-state index contributed by atoms with van der Waals surface area (Å²) in [5.41, 5.74) is 2.53. The van der Waals surface area contributed by atoms with Gasteiger partial charge in [0.2, 0.25) is 0 Å². The Bertz CT molecular complexity index is 379. The van der Waals surface area contributed by atoms with Crippen molar-refractivity contribution in [1.29, 1.82) is 0 Å². The quantitative estimate of drug-likeness (QED) is 0.601. The van der Waals surface area contributed by atoms with Crippen LogP contribution in [0.25, 0.3) is 0 Å². The summed E-state index contributed by atoms with van der Waals surface area (Å²) in [6, 6.07) is 7.04. The van der Waals surface area contributed by atoms with Crippen LogP contribution in [0.5, 0.6) is 0 Å². The fourth-order valence-corrected chi connectivity index (χ4v) is 2.49. The molecule has 0 aliphatic rings. The molecule has 1 aromatic rings. The molecule has 0 saturated carbocycles. The van der Waals surface area contributed by atoms with E-state index in [0.717, 1.165) is 17.6 Å². The van der Waals surface area contributed by atoms with E-state index < -0.39 is 0 Å². The summed E-state index contributed by atoms with van der Waals surface area (Å²) < 4.78 is 6.89. The molecule has 3 heteroatoms. The van der Waals surface area contributed by atoms with Gasteiger partial charge in [-0.3, -0.25) is 0 Å². The number of hydrogen-bond donors (Lipinski definition) is 1. The molecule has 0 fully saturated rings. The van der Waals surface area contributed by atoms with Gasteiger partial charge < -0.3 is 10.1 Å². The molecule has 0 spiro atoms. The first-order chi connectivity index (χ1) is 9.63. The summed E-state index contributed by atoms with van der Waals surface area (Å²) in [5.74, 6) is 0. The van der Waals surface area contributed by atoms with Crippen molar-refractivity contribution in [2.24, 2.45) is 0 Å². The van der Waals surface area contributed by atoms with Crippen molar-refractivity contribution >= 4 is 15.9 Å². The summed E-state index contributed by atoms with van der Waals surface area (Å²) in [5, 5.41) is 3.43. The van der Waals surface area contributed by atoms with Gasteiger partial charge in [-0.15, -0.1) is 0 Å². The number of unbranched alkanes of at least 4 members (excludes halogenated alkanes) is 3. The van der Waals surface area contributed by atoms with E-state index in [1.165, 1.54) is 36.8 Å². The summed E-state index contributed by atoms with van der Waals surface area (Å²) in [4.78, 5) is 0. The minimum atomic E-state index is 0.514. The zero-order chi connectivity index (χ0) is 14.8. The highest BCUT2D eigenvalue weighted by atomic mass is 79.9. The maximum atomic E-state index is 5.74. The molecule has 1 N–H and O–H groups in total. The van der Waals surface area contributed by atoms with Crippen molar-refractivity contribution in [3.63, 3.8) is 0 Å². The molecular formula is C17H28BrNO. The second-order valence-corrected chi connectivity index (χ2v) is 6.43. The third kappa shape index (κ3) is 7.41. The second kappa shape index (κ2) is 10.4. The van der Waals surface area contributed by atoms with Crippen LogP contribution < -0.4 is 5.32 Å². The van der Waals surface area contributed by atoms with Gasteiger partial charge in [0.25, 0.3) is 0 Å². The van der Waals surface area contributed by atoms with Gasteiger partial charge in [0.1, 0.15) is 0 Å². The normalized spacial score (nSPS) is 11.2. The lowest BCUT2D eigenvalue weighted by molar-refractivity contribution is 0.116. The van der Waals surface area contributed by atoms with Crippen LogP contribution in [0.2, 0.25) is 0 Å². The van der Waals surface area contributed by atoms with E-state index >= 15 is 0 Å². The highest BCUT2D eigenvalue weighted by Gasteiger charge is 2.03. The molecule has 1 rings (SSSR count). The lowest BCUT2D eigenvalue weighted by atomic mass is 10.1. The zero-order valence-electron chi connectivity index (χ0n) is 13.0. The van der Waals surface area contributed by atoms with Crippen LogP contribution in [0.15, 0.2) is 22.7 Å². The van der Waals surface area contributed by atoms with Crippen LogP contribution in [0, 0.1) is 0 Å². The standard InChI is InChI=1S/C17H28BrNO/c1-4-5-6-7-10-20-13-16-9-8-15(11-17(16)18)12-19-14(2)3/h8-9,11,14,19H,4-7,10,12-13H2,1-3H3. The first-order valence-electron chi connectivity index (χ1n) is 7.72. The van der Waals surface area contributed by atoms with Gasteiger partial charge in [-0.25, -0.2) is 0 Å². The van der Waals surface area contributed by atoms with Gasteiger partial charge >= 0.3 is 0 Å². The Kier molecular flexibility index (Phi) is 9.16. The third-order valence-corrected chi connectivity index (χ3v) is 3.97. The van der Waals surface area contributed by atoms with Gasteiger partial charge in [-0.1, -0.05) is 68.1 Å². The smallest absolute Gasteiger partial charge is 0.0727 e. The molecule has 0 unspecified atom stereocenters. The average molecular weight is 342 g/mol. The first kappa shape index (κ1) is 17.7. The molecule has 0 saturated heterocycles. The number of ether oxygens (including phenoxy) is 1. The highest BCUT2D eigenvalue weighted by molar-refractivity contribution is 9.10. The van der Waals surface area contributed by atoms with Gasteiger partial charge in [-0.05, 0) is 23.6 Å². The van der Waals surface area contributed by atoms with Crippen LogP contribution in [-0.4, -0.2) is 12.6 Å². The summed E-state index contributed by atoms with van der Waals surface area (Å²) in [6.07, 6.45) is 5.03. The molecule has 0 radical (unpaired) electrons. The Morgan fingerprint density at radius 2 is 2.00 bits per heavy atom. The van der Waals surface area contributed by atoms with Crippen molar-refractivity contribution in [2.75, 3.05) is 6.61 Å². The molecule has 2 nitrogen and oxygen atoms in total. The van der Waals surface area contributed by atoms with E-state index in [1.807, 2.05) is 0 Å². The molecule has 0 aliphatic carbocycles. The Morgan fingerprint density at radius 3 is 2.65 bits per heavy atom. The van der Waals surface area contributed by atoms with Gasteiger partial charge in [-0.2, -0.15) is 0 Å². The molecule has 20 heavy (non-hydrogen) atoms. The highest BCUT2D eigenvalue weighted by Crippen LogP contribution is 2.20. The lowest BCUT2D eigenvalue weighted by Gasteiger charge is -2.11. The monoisotopic (exact) mass is 341 g/mol. The fourth-order valence-electron chi connectivity index (χ4n) is 1.95. The van der Waals surface area contributed by atoms with Gasteiger partial charge in [0.05, 0.1) is 6.61 Å². The van der Waals surface area contributed by atoms with Crippen molar-refractivity contribution in [1.82, 2.24) is 5.32 Å². The molecule has 0 aromatic heterocycles. The van der Waals surface area contributed by atoms with Gasteiger partial charge in [0, 0.05) is 23.7 Å². The number of hydrogen-bond acceptors (Lipinski definition) is 2. The molecule has 0 atom stereocenters. The number of nitrogens with one attached hydrogen (secondary N) is 1. The number of rotatable bonds is 10. The Morgan fingerprint density at radius 1 is 1.20 bits per heavy atom. The maximum Gasteiger partial charge on any atom is 0.0727 e. The summed E-state index contributed by atoms with van der Waals surface area (Å²) in [7, 11) is 0. The molecular weight excluding hydrogens is 314 g/mol. The zero-order valence-corrected chi connectivity index (χ0v) is 14.6. The van der Waals surface area contributed by atoms with Crippen LogP contribution in [-0.2, 0) is 17.9 Å². The number of halogens is 1. The van der Waals surface area contributed by atoms with Crippen LogP contribution in [0.3, 0.4) is 0 Å². The van der Waals surface area contributed by atoms with E-state index in [4.69, 9.17) is 4.74 Å². The molecule has 0 bridgehead atoms. The Hall–Kier alpha value is -0.380. The average Bonchev–Trinajstić information content (AvgIpc) is 2.42. The maximum absolute atomic E-state index is 5.74. The van der Waals surface area contributed by atoms with Crippen molar-refractivity contribution < 1.29 is 4.74 Å². The Balaban J connectivity index is 2.32. The predicted octanol–water partition coefficient (Wildman–Crippen LogP) is 5.04. The second-order valence-electron chi connectivity index (χ2n) is 5.57. The van der Waals surface area contributed by atoms with E-state index in [1.54, 1.807) is 0 Å². The van der Waals surface area contributed by atoms with E-state index in [9.17, 15) is 0 Å². The summed E-state index contributed by atoms with van der Waals surface area (Å²) >= 11 is 3.64. The van der Waals surface area contributed by atoms with Crippen molar-refractivity contribution in [3.05, 3.63) is 33.8 Å². The lowest BCUT2D eigenvalue weighted by Crippen LogP contribution is -2.21. The topological polar surface area (TPSA) is 21.3 Å². The largest absolute Gasteiger partial charge is 0.377 e. The summed E-state index contributed by atoms with van der Waals surface area (Å²) in [6.45, 7) is 9.03. The van der Waals surface area contributed by atoms with Crippen LogP contribution in [0.1, 0.15) is 57.6 Å². The SMILES string of the molecule is CCCCCCOCc1ccc(CNC(C)C)cc1Br. The molecule has 0 amide bonds. The Labute approximate surface area is 132 Å². The van der Waals surface area contributed by atoms with Crippen LogP contribution in [0.4, 0.5) is 0 Å². The predicted molar refractivity (Wildman–Crippen MR) is 89.9 cm³/mol. The third-order valence-electron chi connectivity index (χ3n) is 3.23. The van der Waals surface area contributed by atoms with E-state index in [0.29, 0.717) is 12.6 Å². The molecule has 1 aromatic carbocycles. The molecule has 0 aliphatic heterocycles. The fraction of sp³-hybridized carbons (Fsp3) is 0.647. The minimum Gasteiger partial charge on any atom is -0.377 e. The minimum absolute atomic E-state index is 0.514. The van der Waals surface area contributed by atoms with E-state index in [-0.39, 0.29) is 0 Å². The first-order valence-corrected chi connectivity index (χ1v) is 8.51.